The van der Waals surface area contributed by atoms with Gasteiger partial charge in [0.15, 0.2) is 12.4 Å². The van der Waals surface area contributed by atoms with Crippen molar-refractivity contribution in [1.29, 1.82) is 0 Å². The topological polar surface area (TPSA) is 175 Å². The number of hydrogen-bond acceptors (Lipinski definition) is 10. The van der Waals surface area contributed by atoms with Gasteiger partial charge in [-0.05, 0) is 96.3 Å². The molecule has 6 N–H and O–H groups in total. The summed E-state index contributed by atoms with van der Waals surface area (Å²) in [5.74, 6) is -1.18. The third-order valence-electron chi connectivity index (χ3n) is 18.1. The Morgan fingerprint density at radius 3 is 1.15 bits per heavy atom. The van der Waals surface area contributed by atoms with Crippen molar-refractivity contribution < 1.29 is 49.3 Å². The minimum atomic E-state index is -1.62. The highest BCUT2D eigenvalue weighted by molar-refractivity contribution is 5.80. The molecule has 0 radical (unpaired) electrons. The van der Waals surface area contributed by atoms with E-state index >= 15 is 0 Å². The van der Waals surface area contributed by atoms with E-state index in [-0.39, 0.29) is 13.0 Å². The summed E-state index contributed by atoms with van der Waals surface area (Å²) in [4.78, 5) is 26.8. The average molecular weight is 1280 g/mol. The minimum Gasteiger partial charge on any atom is -0.454 e. The van der Waals surface area contributed by atoms with Gasteiger partial charge in [0.1, 0.15) is 24.4 Å². The van der Waals surface area contributed by atoms with Crippen LogP contribution in [0.1, 0.15) is 361 Å². The summed E-state index contributed by atoms with van der Waals surface area (Å²) in [6.07, 6.45) is 78.0. The normalized spacial score (nSPS) is 18.4. The number of rotatable bonds is 67. The van der Waals surface area contributed by atoms with Crippen LogP contribution in [-0.4, -0.2) is 99.6 Å². The lowest BCUT2D eigenvalue weighted by Crippen LogP contribution is -2.61. The fraction of sp³-hybridized carbons (Fsp3) is 0.825. The molecule has 1 aliphatic heterocycles. The SMILES string of the molecule is CCCCC/C=C\C/C=C\C/C=C\CCCCCCCCCCCCCCC(=O)OC1C(OCC(NC(=O)C(O)CCCCCCCCCCCCCCCC/C=C\C/C=C\CCCCC)C(O)/C=C/CCCCCCCCCCCCC)OC(CO)C(O)C1O. The van der Waals surface area contributed by atoms with Crippen molar-refractivity contribution in [1.82, 2.24) is 5.32 Å². The smallest absolute Gasteiger partial charge is 0.306 e. The fourth-order valence-electron chi connectivity index (χ4n) is 12.0. The molecule has 530 valence electrons. The summed E-state index contributed by atoms with van der Waals surface area (Å²) >= 11 is 0. The van der Waals surface area contributed by atoms with E-state index in [0.29, 0.717) is 19.3 Å². The molecule has 0 saturated carbocycles. The Bertz CT molecular complexity index is 1760. The maximum Gasteiger partial charge on any atom is 0.306 e. The van der Waals surface area contributed by atoms with Gasteiger partial charge in [0.05, 0.1) is 25.4 Å². The largest absolute Gasteiger partial charge is 0.454 e. The highest BCUT2D eigenvalue weighted by atomic mass is 16.7. The molecule has 1 rings (SSSR count). The Morgan fingerprint density at radius 1 is 0.429 bits per heavy atom. The van der Waals surface area contributed by atoms with Gasteiger partial charge < -0.3 is 45.1 Å². The number of amides is 1. The van der Waals surface area contributed by atoms with Crippen LogP contribution in [0.3, 0.4) is 0 Å². The Labute approximate surface area is 560 Å². The van der Waals surface area contributed by atoms with E-state index in [0.717, 1.165) is 77.0 Å². The number of aliphatic hydroxyl groups is 5. The summed E-state index contributed by atoms with van der Waals surface area (Å²) in [5.41, 5.74) is 0. The van der Waals surface area contributed by atoms with Crippen molar-refractivity contribution in [3.8, 4) is 0 Å². The summed E-state index contributed by atoms with van der Waals surface area (Å²) in [7, 11) is 0. The van der Waals surface area contributed by atoms with Gasteiger partial charge in [-0.3, -0.25) is 9.59 Å². The molecule has 0 spiro atoms. The van der Waals surface area contributed by atoms with E-state index in [1.54, 1.807) is 6.08 Å². The van der Waals surface area contributed by atoms with Gasteiger partial charge in [0.25, 0.3) is 0 Å². The first kappa shape index (κ1) is 86.1. The van der Waals surface area contributed by atoms with Crippen LogP contribution in [0.5, 0.6) is 0 Å². The fourth-order valence-corrected chi connectivity index (χ4v) is 12.0. The molecule has 0 aromatic carbocycles. The van der Waals surface area contributed by atoms with Crippen LogP contribution in [0.15, 0.2) is 72.9 Å². The quantitative estimate of drug-likeness (QED) is 0.0195. The standard InChI is InChI=1S/C80H145NO10/c1-4-7-10-13-16-19-22-25-27-29-31-33-35-37-39-41-43-45-47-50-53-56-59-62-65-68-75(85)91-78-77(87)76(86)74(69-82)90-80(78)89-70-71(72(83)66-63-60-57-54-51-48-24-21-18-15-12-9-6-3)81-79(88)73(84)67-64-61-58-55-52-49-46-44-42-40-38-36-34-32-30-28-26-23-20-17-14-11-8-5-2/h16-17,19-20,25-28,31,33,63,66,71-74,76-78,80,82-84,86-87H,4-15,18,21-24,29-30,32,34-62,64-65,67-70H2,1-3H3,(H,81,88)/b19-16-,20-17-,27-25-,28-26-,33-31-,66-63+. The second-order valence-electron chi connectivity index (χ2n) is 26.7. The predicted molar refractivity (Wildman–Crippen MR) is 384 cm³/mol. The molecule has 8 atom stereocenters. The Kier molecular flexibility index (Phi) is 63.5. The molecular weight excluding hydrogens is 1130 g/mol. The monoisotopic (exact) mass is 1280 g/mol. The molecule has 91 heavy (non-hydrogen) atoms. The van der Waals surface area contributed by atoms with E-state index in [4.69, 9.17) is 14.2 Å². The summed E-state index contributed by atoms with van der Waals surface area (Å²) in [6.45, 7) is 5.79. The van der Waals surface area contributed by atoms with Crippen LogP contribution in [0.25, 0.3) is 0 Å². The number of allylic oxidation sites excluding steroid dienone is 11. The predicted octanol–water partition coefficient (Wildman–Crippen LogP) is 20.6. The third-order valence-corrected chi connectivity index (χ3v) is 18.1. The number of hydrogen-bond donors (Lipinski definition) is 6. The molecule has 1 fully saturated rings. The highest BCUT2D eigenvalue weighted by Crippen LogP contribution is 2.27. The summed E-state index contributed by atoms with van der Waals surface area (Å²) in [5, 5.41) is 57.4. The number of nitrogens with one attached hydrogen (secondary N) is 1. The molecule has 1 heterocycles. The number of ether oxygens (including phenoxy) is 3. The highest BCUT2D eigenvalue weighted by Gasteiger charge is 2.47. The molecule has 1 aliphatic rings. The molecule has 0 aliphatic carbocycles. The van der Waals surface area contributed by atoms with Gasteiger partial charge in [0.2, 0.25) is 5.91 Å². The van der Waals surface area contributed by atoms with Gasteiger partial charge in [-0.2, -0.15) is 0 Å². The van der Waals surface area contributed by atoms with Crippen molar-refractivity contribution >= 4 is 11.9 Å². The molecule has 1 amide bonds. The number of esters is 1. The Morgan fingerprint density at radius 2 is 0.758 bits per heavy atom. The van der Waals surface area contributed by atoms with Crippen LogP contribution < -0.4 is 5.32 Å². The Balaban J connectivity index is 2.53. The van der Waals surface area contributed by atoms with E-state index in [1.165, 1.54) is 238 Å². The number of carbonyl (C=O) groups excluding carboxylic acids is 2. The lowest BCUT2D eigenvalue weighted by atomic mass is 9.99. The van der Waals surface area contributed by atoms with E-state index in [1.807, 2.05) is 6.08 Å². The summed E-state index contributed by atoms with van der Waals surface area (Å²) in [6, 6.07) is -1.03. The molecule has 1 saturated heterocycles. The van der Waals surface area contributed by atoms with Gasteiger partial charge in [0, 0.05) is 6.42 Å². The maximum absolute atomic E-state index is 13.5. The molecule has 11 nitrogen and oxygen atoms in total. The molecule has 0 bridgehead atoms. The minimum absolute atomic E-state index is 0.121. The summed E-state index contributed by atoms with van der Waals surface area (Å²) < 4.78 is 17.8. The zero-order chi connectivity index (χ0) is 66.0. The number of aliphatic hydroxyl groups excluding tert-OH is 5. The first-order valence-electron chi connectivity index (χ1n) is 38.7. The first-order valence-corrected chi connectivity index (χ1v) is 38.7. The van der Waals surface area contributed by atoms with Crippen molar-refractivity contribution in [3.05, 3.63) is 72.9 Å². The number of carbonyl (C=O) groups is 2. The van der Waals surface area contributed by atoms with Gasteiger partial charge in [-0.1, -0.05) is 331 Å². The van der Waals surface area contributed by atoms with Crippen molar-refractivity contribution in [2.24, 2.45) is 0 Å². The Hall–Kier alpha value is -2.90. The van der Waals surface area contributed by atoms with Crippen molar-refractivity contribution in [2.75, 3.05) is 13.2 Å². The second kappa shape index (κ2) is 67.1. The van der Waals surface area contributed by atoms with Crippen molar-refractivity contribution in [3.63, 3.8) is 0 Å². The zero-order valence-electron chi connectivity index (χ0n) is 59.2. The molecule has 8 unspecified atom stereocenters. The van der Waals surface area contributed by atoms with Crippen LogP contribution in [0.4, 0.5) is 0 Å². The molecule has 0 aromatic rings. The molecule has 11 heteroatoms. The van der Waals surface area contributed by atoms with Crippen LogP contribution in [0, 0.1) is 0 Å². The number of unbranched alkanes of at least 4 members (excludes halogenated alkanes) is 43. The van der Waals surface area contributed by atoms with Gasteiger partial charge in [-0.25, -0.2) is 0 Å². The lowest BCUT2D eigenvalue weighted by Gasteiger charge is -2.41. The first-order chi connectivity index (χ1) is 44.7. The molecule has 0 aromatic heterocycles. The van der Waals surface area contributed by atoms with E-state index in [2.05, 4.69) is 86.8 Å². The maximum atomic E-state index is 13.5. The van der Waals surface area contributed by atoms with Crippen LogP contribution in [-0.2, 0) is 23.8 Å². The van der Waals surface area contributed by atoms with Crippen molar-refractivity contribution in [2.45, 2.75) is 410 Å². The molecular formula is C80H145NO10. The average Bonchev–Trinajstić information content (AvgIpc) is 1.09. The lowest BCUT2D eigenvalue weighted by molar-refractivity contribution is -0.305. The second-order valence-corrected chi connectivity index (χ2v) is 26.7. The van der Waals surface area contributed by atoms with E-state index < -0.39 is 67.4 Å². The van der Waals surface area contributed by atoms with Gasteiger partial charge >= 0.3 is 5.97 Å². The van der Waals surface area contributed by atoms with Crippen LogP contribution in [0.2, 0.25) is 0 Å². The third kappa shape index (κ3) is 54.0. The van der Waals surface area contributed by atoms with Crippen LogP contribution >= 0.6 is 0 Å². The van der Waals surface area contributed by atoms with Gasteiger partial charge in [-0.15, -0.1) is 0 Å². The zero-order valence-corrected chi connectivity index (χ0v) is 59.2. The van der Waals surface area contributed by atoms with E-state index in [9.17, 15) is 35.1 Å².